The monoisotopic (exact) mass is 856 g/mol. The molecular formula is C54H56N4O4S. The number of fused-ring (bicyclic) bond motifs is 2. The number of carbonyl (C=O) groups is 3. The normalized spacial score (nSPS) is 21.9. The first-order valence-corrected chi connectivity index (χ1v) is 22.5. The Kier molecular flexibility index (Phi) is 11.7. The summed E-state index contributed by atoms with van der Waals surface area (Å²) >= 11 is 5.73. The minimum Gasteiger partial charge on any atom is -0.835 e. The average Bonchev–Trinajstić information content (AvgIpc) is 3.60. The molecule has 8 rings (SSSR count). The minimum atomic E-state index is -1.39. The van der Waals surface area contributed by atoms with Gasteiger partial charge in [0, 0.05) is 76.9 Å². The third-order valence-corrected chi connectivity index (χ3v) is 14.2. The van der Waals surface area contributed by atoms with Crippen molar-refractivity contribution in [1.82, 2.24) is 9.80 Å². The summed E-state index contributed by atoms with van der Waals surface area (Å²) < 4.78 is 2.18. The fourth-order valence-electron chi connectivity index (χ4n) is 10.2. The molecule has 0 spiro atoms. The molecule has 1 saturated heterocycles. The molecule has 4 aromatic rings. The van der Waals surface area contributed by atoms with E-state index in [-0.39, 0.29) is 22.6 Å². The molecule has 0 radical (unpaired) electrons. The Morgan fingerprint density at radius 3 is 1.98 bits per heavy atom. The van der Waals surface area contributed by atoms with E-state index in [0.717, 1.165) is 57.1 Å². The van der Waals surface area contributed by atoms with Crippen LogP contribution in [0.1, 0.15) is 104 Å². The highest BCUT2D eigenvalue weighted by Crippen LogP contribution is 2.48. The van der Waals surface area contributed by atoms with Crippen molar-refractivity contribution in [3.05, 3.63) is 177 Å². The van der Waals surface area contributed by atoms with E-state index in [0.29, 0.717) is 48.2 Å². The van der Waals surface area contributed by atoms with Crippen molar-refractivity contribution in [1.29, 1.82) is 0 Å². The van der Waals surface area contributed by atoms with E-state index < -0.39 is 23.0 Å². The summed E-state index contributed by atoms with van der Waals surface area (Å²) in [6.07, 6.45) is 9.39. The maximum atomic E-state index is 14.6. The van der Waals surface area contributed by atoms with Gasteiger partial charge in [-0.3, -0.25) is 19.3 Å². The van der Waals surface area contributed by atoms with Crippen molar-refractivity contribution in [2.75, 3.05) is 32.1 Å². The molecule has 8 nitrogen and oxygen atoms in total. The molecular weight excluding hydrogens is 801 g/mol. The third kappa shape index (κ3) is 7.45. The maximum absolute atomic E-state index is 14.6. The molecule has 322 valence electrons. The van der Waals surface area contributed by atoms with Gasteiger partial charge in [0.05, 0.1) is 11.3 Å². The third-order valence-electron chi connectivity index (χ3n) is 13.7. The van der Waals surface area contributed by atoms with Crippen molar-refractivity contribution in [3.8, 4) is 0 Å². The molecule has 4 aromatic carbocycles. The predicted octanol–water partition coefficient (Wildman–Crippen LogP) is 9.20. The van der Waals surface area contributed by atoms with Gasteiger partial charge in [0.15, 0.2) is 22.4 Å². The van der Waals surface area contributed by atoms with Crippen LogP contribution in [0.2, 0.25) is 0 Å². The molecule has 2 atom stereocenters. The van der Waals surface area contributed by atoms with Crippen LogP contribution in [-0.4, -0.2) is 76.1 Å². The van der Waals surface area contributed by atoms with Crippen LogP contribution in [0.25, 0.3) is 0 Å². The molecule has 4 aliphatic rings. The highest BCUT2D eigenvalue weighted by Gasteiger charge is 2.45. The number of amides is 1. The number of ketones is 2. The summed E-state index contributed by atoms with van der Waals surface area (Å²) in [7, 11) is 4.10. The van der Waals surface area contributed by atoms with Crippen LogP contribution in [0.15, 0.2) is 144 Å². The number of anilines is 1. The highest BCUT2D eigenvalue weighted by molar-refractivity contribution is 7.80. The zero-order valence-corrected chi connectivity index (χ0v) is 38.4. The zero-order valence-electron chi connectivity index (χ0n) is 37.6. The number of rotatable bonds is 10. The zero-order chi connectivity index (χ0) is 45.0. The van der Waals surface area contributed by atoms with Gasteiger partial charge in [-0.1, -0.05) is 86.7 Å². The molecule has 0 N–H and O–H groups in total. The summed E-state index contributed by atoms with van der Waals surface area (Å²) in [6, 6.07) is 30.6. The van der Waals surface area contributed by atoms with Crippen molar-refractivity contribution >= 4 is 51.9 Å². The van der Waals surface area contributed by atoms with Gasteiger partial charge in [-0.25, -0.2) is 0 Å². The molecule has 3 heterocycles. The quantitative estimate of drug-likeness (QED) is 0.0894. The van der Waals surface area contributed by atoms with E-state index in [4.69, 9.17) is 12.2 Å². The lowest BCUT2D eigenvalue weighted by atomic mass is 9.76. The second kappa shape index (κ2) is 16.9. The van der Waals surface area contributed by atoms with Crippen LogP contribution in [0.3, 0.4) is 0 Å². The van der Waals surface area contributed by atoms with Crippen LogP contribution in [-0.2, 0) is 15.6 Å². The number of thiocarbonyl (C=S) groups is 1. The van der Waals surface area contributed by atoms with Gasteiger partial charge in [-0.15, -0.1) is 0 Å². The molecule has 1 aliphatic carbocycles. The number of benzene rings is 4. The largest absolute Gasteiger partial charge is 0.835 e. The first-order valence-electron chi connectivity index (χ1n) is 22.1. The van der Waals surface area contributed by atoms with Crippen molar-refractivity contribution in [2.45, 2.75) is 77.9 Å². The van der Waals surface area contributed by atoms with E-state index in [2.05, 4.69) is 75.6 Å². The average molecular weight is 857 g/mol. The van der Waals surface area contributed by atoms with Crippen LogP contribution in [0.4, 0.5) is 11.4 Å². The number of hydrogen-bond acceptors (Lipinski definition) is 6. The second-order valence-corrected chi connectivity index (χ2v) is 18.4. The molecule has 0 aromatic heterocycles. The molecule has 1 amide bonds. The lowest BCUT2D eigenvalue weighted by Crippen LogP contribution is -2.66. The fraction of sp³-hybridized carbons (Fsp3) is 0.315. The number of nitrogens with zero attached hydrogens (tertiary/aromatic N) is 4. The first-order chi connectivity index (χ1) is 30.1. The summed E-state index contributed by atoms with van der Waals surface area (Å²) in [4.78, 5) is 47.1. The highest BCUT2D eigenvalue weighted by atomic mass is 32.1. The SMILES string of the molecule is CCN1C(=O)C(C2=C(C=CC3=[N+](C)c4ccc(C(=O)c5ccccc5)cc4C3(C)C)CCCC2=CC=C2N(C)c3ccc(C(=O)c4ccccc4)cc3C2(C)C)C([O-])N(CC)C1=S. The number of hydrogen-bond donors (Lipinski definition) is 0. The lowest BCUT2D eigenvalue weighted by molar-refractivity contribution is -0.459. The Bertz CT molecular complexity index is 2710. The first kappa shape index (κ1) is 43.6. The Hall–Kier alpha value is -6.03. The summed E-state index contributed by atoms with van der Waals surface area (Å²) in [5.41, 5.74) is 10.7. The topological polar surface area (TPSA) is 87.0 Å². The smallest absolute Gasteiger partial charge is 0.236 e. The van der Waals surface area contributed by atoms with Crippen LogP contribution in [0.5, 0.6) is 0 Å². The van der Waals surface area contributed by atoms with Crippen LogP contribution < -0.4 is 10.0 Å². The van der Waals surface area contributed by atoms with E-state index >= 15 is 0 Å². The van der Waals surface area contributed by atoms with Gasteiger partial charge < -0.3 is 14.9 Å². The fourth-order valence-corrected chi connectivity index (χ4v) is 10.7. The maximum Gasteiger partial charge on any atom is 0.236 e. The van der Waals surface area contributed by atoms with E-state index in [9.17, 15) is 19.5 Å². The Morgan fingerprint density at radius 2 is 1.38 bits per heavy atom. The van der Waals surface area contributed by atoms with Crippen LogP contribution >= 0.6 is 12.2 Å². The van der Waals surface area contributed by atoms with Crippen molar-refractivity contribution < 1.29 is 24.1 Å². The molecule has 0 bridgehead atoms. The van der Waals surface area contributed by atoms with Gasteiger partial charge in [-0.05, 0) is 124 Å². The molecule has 0 saturated carbocycles. The summed E-state index contributed by atoms with van der Waals surface area (Å²) in [5.74, 6) is -1.26. The van der Waals surface area contributed by atoms with Gasteiger partial charge in [0.1, 0.15) is 7.05 Å². The summed E-state index contributed by atoms with van der Waals surface area (Å²) in [5, 5.41) is 14.9. The standard InChI is InChI=1S/C54H56N4O4S/c1-9-57-50(61)47(51(62)58(10-2)52(57)63)46-34(26-30-44-53(3,4)40-32-38(24-28-42(40)55(44)7)48(59)36-18-13-11-14-19-36)22-17-23-35(46)27-31-45-54(5,6)41-33-39(25-29-43(41)56(45)8)49(60)37-20-15-12-16-21-37/h11-16,18-21,24-33,47,50H,9-10,17,22-23H2,1-8H3. The second-order valence-electron chi connectivity index (χ2n) is 18.0. The molecule has 3 aliphatic heterocycles. The number of carbonyl (C=O) groups excluding carboxylic acids is 3. The minimum absolute atomic E-state index is 0.0165. The van der Waals surface area contributed by atoms with Crippen molar-refractivity contribution in [2.24, 2.45) is 5.92 Å². The van der Waals surface area contributed by atoms with E-state index in [1.54, 1.807) is 9.80 Å². The molecule has 2 unspecified atom stereocenters. The van der Waals surface area contributed by atoms with Gasteiger partial charge >= 0.3 is 0 Å². The Labute approximate surface area is 377 Å². The Balaban J connectivity index is 1.20. The van der Waals surface area contributed by atoms with E-state index in [1.807, 2.05) is 111 Å². The number of allylic oxidation sites excluding steroid dienone is 7. The molecule has 9 heteroatoms. The van der Waals surface area contributed by atoms with E-state index in [1.165, 1.54) is 0 Å². The predicted molar refractivity (Wildman–Crippen MR) is 254 cm³/mol. The van der Waals surface area contributed by atoms with Gasteiger partial charge in [-0.2, -0.15) is 4.58 Å². The van der Waals surface area contributed by atoms with Gasteiger partial charge in [0.2, 0.25) is 11.6 Å². The number of likely N-dealkylation sites (N-methyl/N-ethyl adjacent to an activating group) is 1. The lowest BCUT2D eigenvalue weighted by Gasteiger charge is -2.51. The van der Waals surface area contributed by atoms with Crippen LogP contribution in [0, 0.1) is 5.92 Å². The Morgan fingerprint density at radius 1 is 0.778 bits per heavy atom. The molecule has 1 fully saturated rings. The summed E-state index contributed by atoms with van der Waals surface area (Å²) in [6.45, 7) is 13.3. The van der Waals surface area contributed by atoms with Crippen molar-refractivity contribution in [3.63, 3.8) is 0 Å². The molecule has 63 heavy (non-hydrogen) atoms. The van der Waals surface area contributed by atoms with Gasteiger partial charge in [0.25, 0.3) is 0 Å².